The second kappa shape index (κ2) is 12.0. The number of rotatable bonds is 11. The van der Waals surface area contributed by atoms with E-state index >= 15 is 0 Å². The zero-order chi connectivity index (χ0) is 31.1. The SMILES string of the molecule is O=C(O)CCC(Sc1ccc2n[nH]c(=O)n2n1)C1=C(C(=O)O)N2C(=O)C(NCC(O)c3cccc(C(F)(F)F)c3)[C@@H]2SC1. The minimum Gasteiger partial charge on any atom is -0.481 e. The van der Waals surface area contributed by atoms with Crippen molar-refractivity contribution in [3.8, 4) is 0 Å². The predicted octanol–water partition coefficient (Wildman–Crippen LogP) is 1.71. The zero-order valence-electron chi connectivity index (χ0n) is 21.8. The van der Waals surface area contributed by atoms with Crippen LogP contribution in [0.4, 0.5) is 13.2 Å². The zero-order valence-corrected chi connectivity index (χ0v) is 23.4. The second-order valence-electron chi connectivity index (χ2n) is 9.62. The first kappa shape index (κ1) is 30.6. The fourth-order valence-corrected chi connectivity index (χ4v) is 7.47. The first-order chi connectivity index (χ1) is 20.3. The molecule has 0 spiro atoms. The highest BCUT2D eigenvalue weighted by atomic mass is 32.2. The van der Waals surface area contributed by atoms with Crippen LogP contribution in [0.15, 0.2) is 57.5 Å². The number of aliphatic carboxylic acids is 2. The third-order valence-corrected chi connectivity index (χ3v) is 9.42. The summed E-state index contributed by atoms with van der Waals surface area (Å²) in [6.07, 6.45) is -6.26. The molecule has 0 radical (unpaired) electrons. The molecule has 1 amide bonds. The van der Waals surface area contributed by atoms with Gasteiger partial charge in [-0.2, -0.15) is 27.9 Å². The van der Waals surface area contributed by atoms with E-state index in [2.05, 4.69) is 20.6 Å². The highest BCUT2D eigenvalue weighted by Crippen LogP contribution is 2.44. The van der Waals surface area contributed by atoms with Crippen LogP contribution < -0.4 is 11.0 Å². The van der Waals surface area contributed by atoms with Crippen molar-refractivity contribution < 1.29 is 42.9 Å². The van der Waals surface area contributed by atoms with E-state index < -0.39 is 58.0 Å². The molecule has 228 valence electrons. The lowest BCUT2D eigenvalue weighted by molar-refractivity contribution is -0.149. The molecule has 4 heterocycles. The Morgan fingerprint density at radius 2 is 1.98 bits per heavy atom. The molecular formula is C25H23F3N6O7S2. The van der Waals surface area contributed by atoms with Crippen molar-refractivity contribution in [3.05, 3.63) is 69.3 Å². The van der Waals surface area contributed by atoms with Gasteiger partial charge in [-0.3, -0.25) is 14.5 Å². The van der Waals surface area contributed by atoms with Crippen molar-refractivity contribution in [1.29, 1.82) is 0 Å². The Balaban J connectivity index is 1.35. The van der Waals surface area contributed by atoms with Gasteiger partial charge in [0, 0.05) is 24.0 Å². The first-order valence-electron chi connectivity index (χ1n) is 12.7. The molecule has 4 atom stereocenters. The number of aliphatic hydroxyl groups is 1. The smallest absolute Gasteiger partial charge is 0.416 e. The molecule has 2 aliphatic heterocycles. The fraction of sp³-hybridized carbons (Fsp3) is 0.360. The molecule has 2 aliphatic rings. The van der Waals surface area contributed by atoms with E-state index in [1.807, 2.05) is 0 Å². The highest BCUT2D eigenvalue weighted by Gasteiger charge is 2.54. The van der Waals surface area contributed by atoms with Crippen LogP contribution in [0.3, 0.4) is 0 Å². The van der Waals surface area contributed by atoms with Gasteiger partial charge in [-0.25, -0.2) is 14.7 Å². The number of fused-ring (bicyclic) bond motifs is 2. The molecular weight excluding hydrogens is 617 g/mol. The van der Waals surface area contributed by atoms with Gasteiger partial charge in [0.05, 0.1) is 11.7 Å². The molecule has 0 aliphatic carbocycles. The van der Waals surface area contributed by atoms with E-state index in [9.17, 15) is 47.7 Å². The van der Waals surface area contributed by atoms with Gasteiger partial charge in [-0.1, -0.05) is 23.9 Å². The number of nitrogens with one attached hydrogen (secondary N) is 2. The number of carboxylic acids is 2. The van der Waals surface area contributed by atoms with Gasteiger partial charge < -0.3 is 20.6 Å². The van der Waals surface area contributed by atoms with Gasteiger partial charge in [0.15, 0.2) is 5.65 Å². The number of carboxylic acid groups (broad SMARTS) is 2. The van der Waals surface area contributed by atoms with Crippen molar-refractivity contribution in [2.75, 3.05) is 12.3 Å². The number of β-lactam (4-membered cyclic amide) rings is 1. The lowest BCUT2D eigenvalue weighted by Crippen LogP contribution is -2.70. The maximum absolute atomic E-state index is 13.2. The monoisotopic (exact) mass is 640 g/mol. The van der Waals surface area contributed by atoms with Crippen molar-refractivity contribution in [2.24, 2.45) is 0 Å². The number of aromatic amines is 1. The molecule has 2 aromatic heterocycles. The van der Waals surface area contributed by atoms with E-state index in [0.717, 1.165) is 33.3 Å². The van der Waals surface area contributed by atoms with Gasteiger partial charge >= 0.3 is 23.8 Å². The van der Waals surface area contributed by atoms with E-state index in [4.69, 9.17) is 0 Å². The Kier molecular flexibility index (Phi) is 8.55. The largest absolute Gasteiger partial charge is 0.481 e. The van der Waals surface area contributed by atoms with Gasteiger partial charge in [0.25, 0.3) is 0 Å². The number of nitrogens with zero attached hydrogens (tertiary/aromatic N) is 4. The van der Waals surface area contributed by atoms with E-state index in [1.54, 1.807) is 6.07 Å². The molecule has 3 aromatic rings. The van der Waals surface area contributed by atoms with Gasteiger partial charge in [-0.15, -0.1) is 11.8 Å². The molecule has 43 heavy (non-hydrogen) atoms. The average molecular weight is 641 g/mol. The standard InChI is InChI=1S/C25H23F3N6O7S2/c26-25(27,28)12-3-1-2-11(8-12)14(35)9-29-19-21(38)33-20(23(39)40)13(10-42-22(19)33)15(4-7-18(36)37)43-17-6-5-16-30-31-24(41)34(16)32-17/h1-3,5-6,8,14-15,19,22,29,35H,4,7,9-10H2,(H,31,41)(H,36,37)(H,39,40)/t14?,15?,19?,22-/m0/s1. The summed E-state index contributed by atoms with van der Waals surface area (Å²) < 4.78 is 40.2. The summed E-state index contributed by atoms with van der Waals surface area (Å²) in [6, 6.07) is 6.34. The molecule has 1 aromatic carbocycles. The quantitative estimate of drug-likeness (QED) is 0.151. The van der Waals surface area contributed by atoms with Crippen molar-refractivity contribution in [2.45, 2.75) is 46.8 Å². The third kappa shape index (κ3) is 6.27. The second-order valence-corrected chi connectivity index (χ2v) is 12.0. The van der Waals surface area contributed by atoms with E-state index in [1.165, 1.54) is 30.0 Å². The van der Waals surface area contributed by atoms with Crippen LogP contribution >= 0.6 is 23.5 Å². The average Bonchev–Trinajstić information content (AvgIpc) is 3.33. The lowest BCUT2D eigenvalue weighted by Gasteiger charge is -2.50. The molecule has 0 bridgehead atoms. The molecule has 3 unspecified atom stereocenters. The number of H-pyrrole nitrogens is 1. The van der Waals surface area contributed by atoms with Crippen LogP contribution in [0, 0.1) is 0 Å². The van der Waals surface area contributed by atoms with Gasteiger partial charge in [-0.05, 0) is 41.8 Å². The van der Waals surface area contributed by atoms with Crippen LogP contribution in [-0.2, 0) is 20.6 Å². The maximum Gasteiger partial charge on any atom is 0.416 e. The maximum atomic E-state index is 13.2. The summed E-state index contributed by atoms with van der Waals surface area (Å²) >= 11 is 2.28. The third-order valence-electron chi connectivity index (χ3n) is 6.85. The molecule has 1 saturated heterocycles. The molecule has 13 nitrogen and oxygen atoms in total. The Labute approximate surface area is 248 Å². The number of thioether (sulfide) groups is 2. The van der Waals surface area contributed by atoms with Crippen molar-refractivity contribution >= 4 is 47.0 Å². The number of alkyl halides is 3. The van der Waals surface area contributed by atoms with Crippen molar-refractivity contribution in [1.82, 2.24) is 30.0 Å². The molecule has 5 rings (SSSR count). The number of aliphatic hydroxyl groups excluding tert-OH is 1. The topological polar surface area (TPSA) is 190 Å². The first-order valence-corrected chi connectivity index (χ1v) is 14.6. The van der Waals surface area contributed by atoms with Crippen LogP contribution in [-0.4, -0.2) is 86.8 Å². The molecule has 1 fully saturated rings. The minimum absolute atomic E-state index is 0.00145. The summed E-state index contributed by atoms with van der Waals surface area (Å²) in [7, 11) is 0. The van der Waals surface area contributed by atoms with Crippen LogP contribution in [0.25, 0.3) is 5.65 Å². The number of aromatic nitrogens is 4. The molecule has 0 saturated carbocycles. The van der Waals surface area contributed by atoms with Crippen LogP contribution in [0.1, 0.15) is 30.1 Å². The van der Waals surface area contributed by atoms with Crippen LogP contribution in [0.2, 0.25) is 0 Å². The normalized spacial score (nSPS) is 20.1. The summed E-state index contributed by atoms with van der Waals surface area (Å²) in [5, 5.41) is 41.9. The number of benzene rings is 1. The molecule has 18 heteroatoms. The summed E-state index contributed by atoms with van der Waals surface area (Å²) in [5.74, 6) is -3.00. The number of carbonyl (C=O) groups excluding carboxylic acids is 1. The van der Waals surface area contributed by atoms with Crippen LogP contribution in [0.5, 0.6) is 0 Å². The predicted molar refractivity (Wildman–Crippen MR) is 146 cm³/mol. The van der Waals surface area contributed by atoms with Crippen molar-refractivity contribution in [3.63, 3.8) is 0 Å². The van der Waals surface area contributed by atoms with Gasteiger partial charge in [0.2, 0.25) is 5.91 Å². The van der Waals surface area contributed by atoms with E-state index in [-0.39, 0.29) is 42.0 Å². The number of halogens is 3. The number of amides is 1. The number of hydrogen-bond donors (Lipinski definition) is 5. The Morgan fingerprint density at radius 1 is 1.21 bits per heavy atom. The number of carbonyl (C=O) groups is 3. The molecule has 5 N–H and O–H groups in total. The van der Waals surface area contributed by atoms with E-state index in [0.29, 0.717) is 10.6 Å². The summed E-state index contributed by atoms with van der Waals surface area (Å²) in [4.78, 5) is 50.0. The van der Waals surface area contributed by atoms with Gasteiger partial charge in [0.1, 0.15) is 22.1 Å². The summed E-state index contributed by atoms with van der Waals surface area (Å²) in [5.41, 5.74) is -1.26. The minimum atomic E-state index is -4.59. The fourth-order valence-electron chi connectivity index (χ4n) is 4.78. The lowest BCUT2D eigenvalue weighted by atomic mass is 9.99. The Morgan fingerprint density at radius 3 is 2.67 bits per heavy atom. The number of hydrogen-bond acceptors (Lipinski definition) is 10. The Bertz CT molecular complexity index is 1680. The Hall–Kier alpha value is -3.87. The highest BCUT2D eigenvalue weighted by molar-refractivity contribution is 8.01. The summed E-state index contributed by atoms with van der Waals surface area (Å²) in [6.45, 7) is -0.264.